The Morgan fingerprint density at radius 2 is 0.511 bits per heavy atom. The first-order valence-electron chi connectivity index (χ1n) is 30.3. The molecule has 480 valence electrons. The topological polar surface area (TPSA) is 205 Å². The first-order valence-corrected chi connectivity index (χ1v) is 33.6. The first-order chi connectivity index (χ1) is 43.7. The molecule has 4 aromatic heterocycles. The van der Waals surface area contributed by atoms with E-state index in [2.05, 4.69) is 173 Å². The van der Waals surface area contributed by atoms with Crippen molar-refractivity contribution in [3.63, 3.8) is 0 Å². The molecule has 0 radical (unpaired) electrons. The molecule has 5 heterocycles. The van der Waals surface area contributed by atoms with Crippen LogP contribution in [-0.2, 0) is 67.0 Å². The molecule has 4 amide bonds. The molecule has 20 heteroatoms. The van der Waals surface area contributed by atoms with Gasteiger partial charge >= 0.3 is 0 Å². The summed E-state index contributed by atoms with van der Waals surface area (Å²) in [6, 6.07) is 31.7. The highest BCUT2D eigenvalue weighted by Crippen LogP contribution is 2.56. The summed E-state index contributed by atoms with van der Waals surface area (Å²) in [5.74, 6) is 0.249. The molecule has 0 saturated heterocycles. The fourth-order valence-electron chi connectivity index (χ4n) is 9.26. The lowest BCUT2D eigenvalue weighted by atomic mass is 9.87. The minimum atomic E-state index is -0.426. The average molecular weight is 1310 g/mol. The number of nitrogens with one attached hydrogen (secondary N) is 4. The number of aromatic nitrogens is 4. The maximum Gasteiger partial charge on any atom is 0.258 e. The average Bonchev–Trinajstić information content (AvgIpc) is 0.780. The SMILES string of the molecule is CC(C)(C)c1cc2c(OCC(=O)NCc3cccnc3)c(c1)Sc1cc(C(C)(C)C)cc(c1OCC(=O)NCc1cccnc1)Sc1cc(C(C)(C)C)cc(c1OCC(=O)NCc1cccnc1)Sc1cc(C(C)(C)C)cc(c1OCC(=O)NCc1cccnc1)S2. The predicted octanol–water partition coefficient (Wildman–Crippen LogP) is 14.2. The number of hydrogen-bond donors (Lipinski definition) is 4. The van der Waals surface area contributed by atoms with Crippen LogP contribution < -0.4 is 40.2 Å². The fraction of sp³-hybridized carbons (Fsp3) is 0.333. The molecule has 1 aliphatic rings. The standard InChI is InChI=1S/C72H80N8O8S4/c1-69(2,3)49-25-53-65(85-41-61(81)77-37-45-17-13-21-73-33-45)54(26-49)90-56-28-51(71(7,8)9)30-58(67(56)87-43-63(83)79-39-47-19-15-23-75-35-47)92-60-32-52(72(10,11)12)31-59(68(60)88-44-64(84)80-40-48-20-16-24-76-36-48)91-57-29-50(70(4,5)6)27-55(89-53)66(57)86-42-62(82)78-38-46-18-14-22-74-34-46/h13-36H,37-44H2,1-12H3,(H,77,81)(H,78,82)(H,79,83)(H,80,84). The summed E-state index contributed by atoms with van der Waals surface area (Å²) in [6.07, 6.45) is 13.6. The van der Waals surface area contributed by atoms with Crippen molar-refractivity contribution in [3.8, 4) is 23.0 Å². The molecular formula is C72H80N8O8S4. The zero-order valence-electron chi connectivity index (χ0n) is 54.2. The summed E-state index contributed by atoms with van der Waals surface area (Å²) in [6.45, 7) is 25.3. The van der Waals surface area contributed by atoms with Crippen LogP contribution in [0.1, 0.15) is 128 Å². The summed E-state index contributed by atoms with van der Waals surface area (Å²) in [4.78, 5) is 78.7. The van der Waals surface area contributed by atoms with E-state index in [0.29, 0.717) is 62.2 Å². The monoisotopic (exact) mass is 1310 g/mol. The Hall–Kier alpha value is -8.04. The highest BCUT2D eigenvalue weighted by molar-refractivity contribution is 8.01. The largest absolute Gasteiger partial charge is 0.481 e. The normalized spacial score (nSPS) is 12.5. The number of pyridine rings is 4. The number of carbonyl (C=O) groups excluding carboxylic acids is 4. The summed E-state index contributed by atoms with van der Waals surface area (Å²) >= 11 is 5.64. The van der Waals surface area contributed by atoms with Gasteiger partial charge < -0.3 is 40.2 Å². The number of hydrogen-bond acceptors (Lipinski definition) is 16. The summed E-state index contributed by atoms with van der Waals surface area (Å²) in [7, 11) is 0. The minimum absolute atomic E-state index is 0.237. The van der Waals surface area contributed by atoms with Gasteiger partial charge in [0.1, 0.15) is 23.0 Å². The van der Waals surface area contributed by atoms with Crippen molar-refractivity contribution in [2.45, 2.75) is 170 Å². The number of amides is 4. The number of ether oxygens (including phenoxy) is 4. The number of rotatable bonds is 20. The number of fused-ring (bicyclic) bond motifs is 8. The highest BCUT2D eigenvalue weighted by Gasteiger charge is 2.32. The predicted molar refractivity (Wildman–Crippen MR) is 363 cm³/mol. The lowest BCUT2D eigenvalue weighted by Crippen LogP contribution is -2.29. The smallest absolute Gasteiger partial charge is 0.258 e. The van der Waals surface area contributed by atoms with E-state index in [1.807, 2.05) is 48.5 Å². The fourth-order valence-corrected chi connectivity index (χ4v) is 14.0. The highest BCUT2D eigenvalue weighted by atomic mass is 32.2. The van der Waals surface area contributed by atoms with Gasteiger partial charge in [0.05, 0.1) is 39.2 Å². The molecule has 9 rings (SSSR count). The zero-order chi connectivity index (χ0) is 65.8. The molecule has 0 aliphatic carbocycles. The Balaban J connectivity index is 1.29. The van der Waals surface area contributed by atoms with Gasteiger partial charge in [-0.15, -0.1) is 0 Å². The Kier molecular flexibility index (Phi) is 22.4. The lowest BCUT2D eigenvalue weighted by Gasteiger charge is -2.28. The minimum Gasteiger partial charge on any atom is -0.481 e. The molecular weight excluding hydrogens is 1230 g/mol. The van der Waals surface area contributed by atoms with Gasteiger partial charge in [-0.05, 0) is 139 Å². The van der Waals surface area contributed by atoms with Gasteiger partial charge in [-0.2, -0.15) is 0 Å². The van der Waals surface area contributed by atoms with Crippen LogP contribution in [0.5, 0.6) is 23.0 Å². The van der Waals surface area contributed by atoms with Crippen molar-refractivity contribution < 1.29 is 38.1 Å². The molecule has 0 unspecified atom stereocenters. The maximum absolute atomic E-state index is 14.1. The second kappa shape index (κ2) is 30.1. The molecule has 92 heavy (non-hydrogen) atoms. The Morgan fingerprint density at radius 3 is 0.663 bits per heavy atom. The number of benzene rings is 4. The summed E-state index contributed by atoms with van der Waals surface area (Å²) in [5.41, 5.74) is 5.46. The number of carbonyl (C=O) groups is 4. The Labute approximate surface area is 557 Å². The number of nitrogens with zero attached hydrogens (tertiary/aromatic N) is 4. The molecule has 0 fully saturated rings. The van der Waals surface area contributed by atoms with Crippen LogP contribution in [0.25, 0.3) is 0 Å². The van der Waals surface area contributed by atoms with Crippen LogP contribution in [0, 0.1) is 0 Å². The Morgan fingerprint density at radius 1 is 0.326 bits per heavy atom. The van der Waals surface area contributed by atoms with Crippen LogP contribution in [0.4, 0.5) is 0 Å². The van der Waals surface area contributed by atoms with Crippen LogP contribution in [0.15, 0.2) is 186 Å². The van der Waals surface area contributed by atoms with Gasteiger partial charge in [0.25, 0.3) is 23.6 Å². The van der Waals surface area contributed by atoms with Gasteiger partial charge in [0, 0.05) is 75.8 Å². The van der Waals surface area contributed by atoms with Crippen LogP contribution in [-0.4, -0.2) is 70.0 Å². The molecule has 8 bridgehead atoms. The molecule has 1 aliphatic heterocycles. The second-order valence-corrected chi connectivity index (χ2v) is 30.7. The van der Waals surface area contributed by atoms with E-state index in [-0.39, 0.29) is 76.2 Å². The summed E-state index contributed by atoms with van der Waals surface area (Å²) in [5, 5.41) is 12.1. The van der Waals surface area contributed by atoms with Crippen molar-refractivity contribution in [1.29, 1.82) is 0 Å². The third kappa shape index (κ3) is 19.0. The molecule has 0 atom stereocenters. The molecule has 4 aromatic carbocycles. The van der Waals surface area contributed by atoms with Crippen molar-refractivity contribution >= 4 is 70.7 Å². The second-order valence-electron chi connectivity index (χ2n) is 26.3. The van der Waals surface area contributed by atoms with Crippen LogP contribution >= 0.6 is 47.0 Å². The molecule has 4 N–H and O–H groups in total. The third-order valence-electron chi connectivity index (χ3n) is 14.7. The quantitative estimate of drug-likeness (QED) is 0.0560. The first kappa shape index (κ1) is 68.3. The van der Waals surface area contributed by atoms with Gasteiger partial charge in [0.15, 0.2) is 26.4 Å². The van der Waals surface area contributed by atoms with Crippen molar-refractivity contribution in [1.82, 2.24) is 41.2 Å². The van der Waals surface area contributed by atoms with Gasteiger partial charge in [-0.3, -0.25) is 39.1 Å². The van der Waals surface area contributed by atoms with Gasteiger partial charge in [-0.1, -0.05) is 154 Å². The van der Waals surface area contributed by atoms with E-state index in [0.717, 1.165) is 44.5 Å². The molecule has 8 aromatic rings. The van der Waals surface area contributed by atoms with E-state index in [9.17, 15) is 19.2 Å². The van der Waals surface area contributed by atoms with Crippen molar-refractivity contribution in [2.75, 3.05) is 26.4 Å². The van der Waals surface area contributed by atoms with Crippen LogP contribution in [0.2, 0.25) is 0 Å². The molecule has 16 nitrogen and oxygen atoms in total. The molecule has 0 spiro atoms. The van der Waals surface area contributed by atoms with E-state index >= 15 is 0 Å². The molecule has 0 saturated carbocycles. The van der Waals surface area contributed by atoms with E-state index < -0.39 is 21.7 Å². The summed E-state index contributed by atoms with van der Waals surface area (Å²) < 4.78 is 27.7. The van der Waals surface area contributed by atoms with Gasteiger partial charge in [-0.25, -0.2) is 0 Å². The van der Waals surface area contributed by atoms with Crippen LogP contribution in [0.3, 0.4) is 0 Å². The van der Waals surface area contributed by atoms with E-state index in [1.165, 1.54) is 47.0 Å². The third-order valence-corrected chi connectivity index (χ3v) is 18.9. The van der Waals surface area contributed by atoms with Gasteiger partial charge in [0.2, 0.25) is 0 Å². The lowest BCUT2D eigenvalue weighted by molar-refractivity contribution is -0.124. The van der Waals surface area contributed by atoms with Crippen molar-refractivity contribution in [3.05, 3.63) is 191 Å². The zero-order valence-corrected chi connectivity index (χ0v) is 57.5. The van der Waals surface area contributed by atoms with E-state index in [4.69, 9.17) is 18.9 Å². The Bertz CT molecular complexity index is 3310. The van der Waals surface area contributed by atoms with E-state index in [1.54, 1.807) is 49.6 Å². The van der Waals surface area contributed by atoms with Crippen molar-refractivity contribution in [2.24, 2.45) is 0 Å². The maximum atomic E-state index is 14.1.